The number of hydrogen-bond donors (Lipinski definition) is 1. The highest BCUT2D eigenvalue weighted by atomic mass is 19.1. The van der Waals surface area contributed by atoms with Crippen LogP contribution in [0.4, 0.5) is 4.39 Å². The zero-order valence-corrected chi connectivity index (χ0v) is 20.7. The Balaban J connectivity index is 1.89. The SMILES string of the molecule is Cc1nn(-c2ccccc2)c(Oc2ccc(F)cc2)c1CN(CC(O)COCC(C)C)C(C)C. The Morgan fingerprint density at radius 1 is 1.00 bits per heavy atom. The molecule has 3 aromatic rings. The first-order chi connectivity index (χ1) is 16.2. The molecule has 0 spiro atoms. The maximum atomic E-state index is 13.5. The molecule has 1 unspecified atom stereocenters. The summed E-state index contributed by atoms with van der Waals surface area (Å²) < 4.78 is 27.1. The normalized spacial score (nSPS) is 12.6. The Morgan fingerprint density at radius 3 is 2.29 bits per heavy atom. The first-order valence-corrected chi connectivity index (χ1v) is 11.8. The van der Waals surface area contributed by atoms with Crippen LogP contribution in [0.1, 0.15) is 39.0 Å². The second-order valence-electron chi connectivity index (χ2n) is 9.28. The molecule has 1 atom stereocenters. The number of aromatic nitrogens is 2. The second-order valence-corrected chi connectivity index (χ2v) is 9.28. The van der Waals surface area contributed by atoms with E-state index in [1.165, 1.54) is 12.1 Å². The van der Waals surface area contributed by atoms with Crippen molar-refractivity contribution in [3.05, 3.63) is 71.7 Å². The van der Waals surface area contributed by atoms with E-state index < -0.39 is 6.10 Å². The van der Waals surface area contributed by atoms with E-state index in [4.69, 9.17) is 14.6 Å². The molecule has 6 nitrogen and oxygen atoms in total. The highest BCUT2D eigenvalue weighted by Gasteiger charge is 2.24. The van der Waals surface area contributed by atoms with E-state index in [9.17, 15) is 9.50 Å². The van der Waals surface area contributed by atoms with Crippen molar-refractivity contribution >= 4 is 0 Å². The van der Waals surface area contributed by atoms with Crippen LogP contribution in [-0.4, -0.2) is 51.7 Å². The number of rotatable bonds is 12. The van der Waals surface area contributed by atoms with Gasteiger partial charge in [0.2, 0.25) is 5.88 Å². The van der Waals surface area contributed by atoms with Crippen LogP contribution in [0.15, 0.2) is 54.6 Å². The molecule has 0 radical (unpaired) electrons. The number of benzene rings is 2. The fourth-order valence-corrected chi connectivity index (χ4v) is 3.61. The van der Waals surface area contributed by atoms with Gasteiger partial charge in [-0.2, -0.15) is 5.10 Å². The molecule has 3 rings (SSSR count). The van der Waals surface area contributed by atoms with E-state index in [0.29, 0.717) is 43.9 Å². The minimum atomic E-state index is -0.605. The van der Waals surface area contributed by atoms with Gasteiger partial charge in [-0.25, -0.2) is 9.07 Å². The Bertz CT molecular complexity index is 1020. The molecule has 184 valence electrons. The largest absolute Gasteiger partial charge is 0.439 e. The Morgan fingerprint density at radius 2 is 1.68 bits per heavy atom. The molecule has 7 heteroatoms. The molecule has 1 aromatic heterocycles. The summed E-state index contributed by atoms with van der Waals surface area (Å²) in [5.74, 6) is 1.20. The molecule has 0 aliphatic heterocycles. The van der Waals surface area contributed by atoms with Gasteiger partial charge in [0.25, 0.3) is 0 Å². The van der Waals surface area contributed by atoms with Crippen LogP contribution in [0.2, 0.25) is 0 Å². The topological polar surface area (TPSA) is 59.8 Å². The van der Waals surface area contributed by atoms with E-state index in [-0.39, 0.29) is 11.9 Å². The number of ether oxygens (including phenoxy) is 2. The summed E-state index contributed by atoms with van der Waals surface area (Å²) >= 11 is 0. The van der Waals surface area contributed by atoms with E-state index in [2.05, 4.69) is 32.6 Å². The number of aliphatic hydroxyl groups excluding tert-OH is 1. The van der Waals surface area contributed by atoms with Gasteiger partial charge >= 0.3 is 0 Å². The number of para-hydroxylation sites is 1. The van der Waals surface area contributed by atoms with Crippen LogP contribution in [-0.2, 0) is 11.3 Å². The number of aryl methyl sites for hydroxylation is 1. The summed E-state index contributed by atoms with van der Waals surface area (Å²) in [4.78, 5) is 2.18. The van der Waals surface area contributed by atoms with Gasteiger partial charge < -0.3 is 14.6 Å². The maximum absolute atomic E-state index is 13.5. The third-order valence-electron chi connectivity index (χ3n) is 5.46. The van der Waals surface area contributed by atoms with Gasteiger partial charge in [-0.15, -0.1) is 0 Å². The molecule has 0 aliphatic carbocycles. The van der Waals surface area contributed by atoms with Crippen molar-refractivity contribution in [2.45, 2.75) is 53.3 Å². The summed E-state index contributed by atoms with van der Waals surface area (Å²) in [6, 6.07) is 15.9. The summed E-state index contributed by atoms with van der Waals surface area (Å²) in [7, 11) is 0. The zero-order valence-electron chi connectivity index (χ0n) is 20.7. The Kier molecular flexibility index (Phi) is 9.21. The number of aliphatic hydroxyl groups is 1. The third kappa shape index (κ3) is 7.13. The summed E-state index contributed by atoms with van der Waals surface area (Å²) in [5, 5.41) is 15.3. The zero-order chi connectivity index (χ0) is 24.7. The predicted octanol–water partition coefficient (Wildman–Crippen LogP) is 5.36. The monoisotopic (exact) mass is 469 g/mol. The number of nitrogens with zero attached hydrogens (tertiary/aromatic N) is 3. The van der Waals surface area contributed by atoms with Crippen LogP contribution in [0.3, 0.4) is 0 Å². The fraction of sp³-hybridized carbons (Fsp3) is 0.444. The summed E-state index contributed by atoms with van der Waals surface area (Å²) in [6.45, 7) is 12.2. The van der Waals surface area contributed by atoms with Gasteiger partial charge in [0.15, 0.2) is 0 Å². The van der Waals surface area contributed by atoms with Gasteiger partial charge in [-0.1, -0.05) is 32.0 Å². The summed E-state index contributed by atoms with van der Waals surface area (Å²) in [5.41, 5.74) is 2.61. The van der Waals surface area contributed by atoms with E-state index in [1.54, 1.807) is 16.8 Å². The third-order valence-corrected chi connectivity index (χ3v) is 5.46. The van der Waals surface area contributed by atoms with Crippen molar-refractivity contribution in [3.63, 3.8) is 0 Å². The van der Waals surface area contributed by atoms with E-state index >= 15 is 0 Å². The lowest BCUT2D eigenvalue weighted by atomic mass is 10.2. The number of hydrogen-bond acceptors (Lipinski definition) is 5. The average molecular weight is 470 g/mol. The lowest BCUT2D eigenvalue weighted by Gasteiger charge is -2.29. The molecular formula is C27H36FN3O3. The van der Waals surface area contributed by atoms with Gasteiger partial charge in [-0.3, -0.25) is 4.90 Å². The molecular weight excluding hydrogens is 433 g/mol. The molecule has 0 aliphatic rings. The van der Waals surface area contributed by atoms with Crippen LogP contribution in [0, 0.1) is 18.7 Å². The Hall–Kier alpha value is -2.74. The van der Waals surface area contributed by atoms with Crippen molar-refractivity contribution < 1.29 is 19.0 Å². The first kappa shape index (κ1) is 25.9. The Labute approximate surface area is 201 Å². The van der Waals surface area contributed by atoms with Crippen LogP contribution in [0.5, 0.6) is 11.6 Å². The molecule has 1 N–H and O–H groups in total. The van der Waals surface area contributed by atoms with Gasteiger partial charge in [-0.05, 0) is 63.1 Å². The molecule has 2 aromatic carbocycles. The number of halogens is 1. The molecule has 34 heavy (non-hydrogen) atoms. The van der Waals surface area contributed by atoms with Crippen molar-refractivity contribution in [1.82, 2.24) is 14.7 Å². The van der Waals surface area contributed by atoms with Crippen molar-refractivity contribution in [2.75, 3.05) is 19.8 Å². The quantitative estimate of drug-likeness (QED) is 0.387. The smallest absolute Gasteiger partial charge is 0.227 e. The van der Waals surface area contributed by atoms with Gasteiger partial charge in [0, 0.05) is 25.7 Å². The van der Waals surface area contributed by atoms with Crippen molar-refractivity contribution in [1.29, 1.82) is 0 Å². The molecule has 0 amide bonds. The summed E-state index contributed by atoms with van der Waals surface area (Å²) in [6.07, 6.45) is -0.605. The molecule has 0 bridgehead atoms. The first-order valence-electron chi connectivity index (χ1n) is 11.8. The predicted molar refractivity (Wildman–Crippen MR) is 132 cm³/mol. The van der Waals surface area contributed by atoms with E-state index in [1.807, 2.05) is 37.3 Å². The average Bonchev–Trinajstić information content (AvgIpc) is 3.10. The van der Waals surface area contributed by atoms with Crippen LogP contribution >= 0.6 is 0 Å². The van der Waals surface area contributed by atoms with Gasteiger partial charge in [0.1, 0.15) is 11.6 Å². The minimum absolute atomic E-state index is 0.179. The lowest BCUT2D eigenvalue weighted by molar-refractivity contribution is 0.00161. The molecule has 0 fully saturated rings. The highest BCUT2D eigenvalue weighted by molar-refractivity contribution is 5.43. The van der Waals surface area contributed by atoms with Gasteiger partial charge in [0.05, 0.1) is 29.7 Å². The van der Waals surface area contributed by atoms with Crippen LogP contribution in [0.25, 0.3) is 5.69 Å². The highest BCUT2D eigenvalue weighted by Crippen LogP contribution is 2.32. The maximum Gasteiger partial charge on any atom is 0.227 e. The fourth-order valence-electron chi connectivity index (χ4n) is 3.61. The van der Waals surface area contributed by atoms with Crippen molar-refractivity contribution in [2.24, 2.45) is 5.92 Å². The molecule has 0 saturated heterocycles. The van der Waals surface area contributed by atoms with Crippen LogP contribution < -0.4 is 4.74 Å². The van der Waals surface area contributed by atoms with Crippen molar-refractivity contribution in [3.8, 4) is 17.3 Å². The standard InChI is InChI=1S/C27H36FN3O3/c1-19(2)17-33-18-24(32)15-30(20(3)4)16-26-21(5)29-31(23-9-7-6-8-10-23)27(26)34-25-13-11-22(28)12-14-25/h6-14,19-20,24,32H,15-18H2,1-5H3. The minimum Gasteiger partial charge on any atom is -0.439 e. The van der Waals surface area contributed by atoms with E-state index in [0.717, 1.165) is 16.9 Å². The lowest BCUT2D eigenvalue weighted by Crippen LogP contribution is -2.39. The molecule has 1 heterocycles. The molecule has 0 saturated carbocycles. The second kappa shape index (κ2) is 12.1.